The first-order valence-electron chi connectivity index (χ1n) is 7.68. The fourth-order valence-corrected chi connectivity index (χ4v) is 2.42. The first-order valence-corrected chi connectivity index (χ1v) is 7.68. The van der Waals surface area contributed by atoms with Gasteiger partial charge in [0.25, 0.3) is 0 Å². The third kappa shape index (κ3) is 4.62. The third-order valence-electron chi connectivity index (χ3n) is 3.54. The zero-order chi connectivity index (χ0) is 15.8. The van der Waals surface area contributed by atoms with Crippen molar-refractivity contribution >= 4 is 11.5 Å². The number of nitrogens with one attached hydrogen (secondary N) is 1. The number of fused-ring (bicyclic) bond motifs is 1. The van der Waals surface area contributed by atoms with Gasteiger partial charge in [0, 0.05) is 19.9 Å². The predicted molar refractivity (Wildman–Crippen MR) is 90.0 cm³/mol. The van der Waals surface area contributed by atoms with E-state index in [1.165, 1.54) is 18.1 Å². The summed E-state index contributed by atoms with van der Waals surface area (Å²) in [6.45, 7) is 6.55. The summed E-state index contributed by atoms with van der Waals surface area (Å²) in [7, 11) is 0. The van der Waals surface area contributed by atoms with E-state index in [1.807, 2.05) is 18.2 Å². The van der Waals surface area contributed by atoms with Crippen LogP contribution in [-0.4, -0.2) is 12.5 Å². The second-order valence-corrected chi connectivity index (χ2v) is 5.31. The summed E-state index contributed by atoms with van der Waals surface area (Å²) in [4.78, 5) is 10.9. The van der Waals surface area contributed by atoms with Crippen molar-refractivity contribution in [2.45, 2.75) is 32.8 Å². The molecule has 1 aliphatic heterocycles. The SMILES string of the molecule is C=CCCC1=C/C(=C/CCNC(C)=O)c2ccccc2CO1. The van der Waals surface area contributed by atoms with Crippen LogP contribution in [0.2, 0.25) is 0 Å². The van der Waals surface area contributed by atoms with Crippen LogP contribution in [0.4, 0.5) is 0 Å². The molecule has 1 aromatic carbocycles. The highest BCUT2D eigenvalue weighted by atomic mass is 16.5. The van der Waals surface area contributed by atoms with Crippen LogP contribution >= 0.6 is 0 Å². The zero-order valence-electron chi connectivity index (χ0n) is 13.1. The maximum atomic E-state index is 10.9. The Balaban J connectivity index is 2.20. The Labute approximate surface area is 132 Å². The van der Waals surface area contributed by atoms with Crippen LogP contribution in [0, 0.1) is 0 Å². The van der Waals surface area contributed by atoms with Crippen LogP contribution in [0.25, 0.3) is 5.57 Å². The van der Waals surface area contributed by atoms with Gasteiger partial charge in [-0.2, -0.15) is 0 Å². The van der Waals surface area contributed by atoms with Gasteiger partial charge in [0.2, 0.25) is 5.91 Å². The molecule has 0 saturated carbocycles. The van der Waals surface area contributed by atoms with E-state index in [1.54, 1.807) is 0 Å². The zero-order valence-corrected chi connectivity index (χ0v) is 13.1. The Kier molecular flexibility index (Phi) is 6.01. The molecule has 0 fully saturated rings. The van der Waals surface area contributed by atoms with Crippen molar-refractivity contribution in [3.8, 4) is 0 Å². The number of carbonyl (C=O) groups excluding carboxylic acids is 1. The minimum atomic E-state index is 0.00483. The molecule has 116 valence electrons. The maximum Gasteiger partial charge on any atom is 0.216 e. The number of ether oxygens (including phenoxy) is 1. The van der Waals surface area contributed by atoms with Gasteiger partial charge in [0.05, 0.1) is 5.76 Å². The molecule has 2 rings (SSSR count). The van der Waals surface area contributed by atoms with Crippen molar-refractivity contribution in [1.82, 2.24) is 5.32 Å². The van der Waals surface area contributed by atoms with Gasteiger partial charge in [-0.25, -0.2) is 0 Å². The van der Waals surface area contributed by atoms with Crippen LogP contribution in [-0.2, 0) is 16.1 Å². The normalized spacial score (nSPS) is 15.3. The van der Waals surface area contributed by atoms with Crippen molar-refractivity contribution in [1.29, 1.82) is 0 Å². The van der Waals surface area contributed by atoms with Crippen LogP contribution in [0.15, 0.2) is 54.8 Å². The molecule has 0 bridgehead atoms. The van der Waals surface area contributed by atoms with E-state index in [-0.39, 0.29) is 5.91 Å². The fourth-order valence-electron chi connectivity index (χ4n) is 2.42. The summed E-state index contributed by atoms with van der Waals surface area (Å²) in [5.74, 6) is 0.993. The van der Waals surface area contributed by atoms with Gasteiger partial charge < -0.3 is 10.1 Å². The molecule has 0 aromatic heterocycles. The molecule has 22 heavy (non-hydrogen) atoms. The first-order chi connectivity index (χ1) is 10.7. The van der Waals surface area contributed by atoms with E-state index in [9.17, 15) is 4.79 Å². The molecule has 1 amide bonds. The number of hydrogen-bond acceptors (Lipinski definition) is 2. The van der Waals surface area contributed by atoms with Gasteiger partial charge in [-0.05, 0) is 35.6 Å². The van der Waals surface area contributed by atoms with E-state index < -0.39 is 0 Å². The third-order valence-corrected chi connectivity index (χ3v) is 3.54. The fraction of sp³-hybridized carbons (Fsp3) is 0.316. The molecule has 1 aliphatic rings. The molecule has 0 atom stereocenters. The van der Waals surface area contributed by atoms with E-state index in [4.69, 9.17) is 4.74 Å². The second-order valence-electron chi connectivity index (χ2n) is 5.31. The van der Waals surface area contributed by atoms with E-state index in [0.29, 0.717) is 13.2 Å². The predicted octanol–water partition coefficient (Wildman–Crippen LogP) is 3.98. The minimum Gasteiger partial charge on any atom is -0.493 e. The lowest BCUT2D eigenvalue weighted by atomic mass is 9.99. The lowest BCUT2D eigenvalue weighted by molar-refractivity contribution is -0.118. The van der Waals surface area contributed by atoms with Crippen molar-refractivity contribution in [2.24, 2.45) is 0 Å². The average Bonchev–Trinajstić information content (AvgIpc) is 2.69. The molecule has 0 saturated heterocycles. The number of hydrogen-bond donors (Lipinski definition) is 1. The van der Waals surface area contributed by atoms with E-state index >= 15 is 0 Å². The van der Waals surface area contributed by atoms with Gasteiger partial charge in [-0.15, -0.1) is 6.58 Å². The molecule has 0 radical (unpaired) electrons. The summed E-state index contributed by atoms with van der Waals surface area (Å²) >= 11 is 0. The van der Waals surface area contributed by atoms with Crippen LogP contribution in [0.5, 0.6) is 0 Å². The van der Waals surface area contributed by atoms with Crippen molar-refractivity contribution < 1.29 is 9.53 Å². The Morgan fingerprint density at radius 3 is 2.95 bits per heavy atom. The second kappa shape index (κ2) is 8.23. The number of allylic oxidation sites excluding steroid dienone is 4. The van der Waals surface area contributed by atoms with Crippen LogP contribution < -0.4 is 5.32 Å². The number of rotatable bonds is 6. The molecule has 3 nitrogen and oxygen atoms in total. The molecular formula is C19H23NO2. The van der Waals surface area contributed by atoms with Gasteiger partial charge in [-0.3, -0.25) is 4.79 Å². The minimum absolute atomic E-state index is 0.00483. The number of carbonyl (C=O) groups is 1. The molecule has 1 heterocycles. The largest absolute Gasteiger partial charge is 0.493 e. The summed E-state index contributed by atoms with van der Waals surface area (Å²) in [6, 6.07) is 8.30. The smallest absolute Gasteiger partial charge is 0.216 e. The summed E-state index contributed by atoms with van der Waals surface area (Å²) in [5.41, 5.74) is 3.56. The first kappa shape index (κ1) is 16.1. The van der Waals surface area contributed by atoms with Crippen LogP contribution in [0.1, 0.15) is 37.3 Å². The van der Waals surface area contributed by atoms with Gasteiger partial charge in [0.1, 0.15) is 6.61 Å². The lowest BCUT2D eigenvalue weighted by Gasteiger charge is -2.07. The lowest BCUT2D eigenvalue weighted by Crippen LogP contribution is -2.20. The molecular weight excluding hydrogens is 274 g/mol. The van der Waals surface area contributed by atoms with Crippen molar-refractivity contribution in [3.05, 3.63) is 66.0 Å². The van der Waals surface area contributed by atoms with Crippen molar-refractivity contribution in [2.75, 3.05) is 6.54 Å². The highest BCUT2D eigenvalue weighted by Gasteiger charge is 2.12. The Morgan fingerprint density at radius 2 is 2.18 bits per heavy atom. The molecule has 1 aromatic rings. The molecule has 0 spiro atoms. The quantitative estimate of drug-likeness (QED) is 0.637. The summed E-state index contributed by atoms with van der Waals surface area (Å²) in [5, 5.41) is 2.82. The molecule has 0 aliphatic carbocycles. The van der Waals surface area contributed by atoms with E-state index in [0.717, 1.165) is 30.6 Å². The van der Waals surface area contributed by atoms with E-state index in [2.05, 4.69) is 36.2 Å². The molecule has 0 unspecified atom stereocenters. The van der Waals surface area contributed by atoms with Crippen LogP contribution in [0.3, 0.4) is 0 Å². The van der Waals surface area contributed by atoms with Gasteiger partial charge in [0.15, 0.2) is 0 Å². The Morgan fingerprint density at radius 1 is 1.36 bits per heavy atom. The highest BCUT2D eigenvalue weighted by molar-refractivity contribution is 5.77. The maximum absolute atomic E-state index is 10.9. The van der Waals surface area contributed by atoms with Gasteiger partial charge >= 0.3 is 0 Å². The number of amides is 1. The molecule has 1 N–H and O–H groups in total. The number of benzene rings is 1. The highest BCUT2D eigenvalue weighted by Crippen LogP contribution is 2.28. The average molecular weight is 297 g/mol. The summed E-state index contributed by atoms with van der Waals surface area (Å²) in [6.07, 6.45) is 8.75. The monoisotopic (exact) mass is 297 g/mol. The van der Waals surface area contributed by atoms with Crippen molar-refractivity contribution in [3.63, 3.8) is 0 Å². The molecule has 3 heteroatoms. The Hall–Kier alpha value is -2.29. The Bertz CT molecular complexity index is 599. The standard InChI is InChI=1S/C19H23NO2/c1-3-4-10-18-13-16(9-7-12-20-15(2)21)19-11-6-5-8-17(19)14-22-18/h3,5-6,8-9,11,13H,1,4,7,10,12,14H2,2H3,(H,20,21)/b16-9-. The summed E-state index contributed by atoms with van der Waals surface area (Å²) < 4.78 is 5.91. The van der Waals surface area contributed by atoms with Gasteiger partial charge in [-0.1, -0.05) is 36.4 Å². The topological polar surface area (TPSA) is 38.3 Å².